The Kier molecular flexibility index (Phi) is 4.92. The zero-order chi connectivity index (χ0) is 16.4. The van der Waals surface area contributed by atoms with E-state index in [0.29, 0.717) is 19.3 Å². The van der Waals surface area contributed by atoms with Crippen LogP contribution >= 0.6 is 0 Å². The van der Waals surface area contributed by atoms with Crippen LogP contribution in [0.15, 0.2) is 0 Å². The minimum Gasteiger partial charge on any atom is -0.481 e. The Labute approximate surface area is 120 Å². The summed E-state index contributed by atoms with van der Waals surface area (Å²) < 4.78 is 0. The summed E-state index contributed by atoms with van der Waals surface area (Å²) in [5, 5.41) is 37.5. The van der Waals surface area contributed by atoms with E-state index in [1.54, 1.807) is 0 Å². The van der Waals surface area contributed by atoms with Crippen molar-refractivity contribution in [2.24, 2.45) is 17.4 Å². The van der Waals surface area contributed by atoms with Crippen LogP contribution in [0.5, 0.6) is 0 Å². The van der Waals surface area contributed by atoms with E-state index in [-0.39, 0.29) is 6.42 Å². The molecule has 0 aromatic heterocycles. The van der Waals surface area contributed by atoms with Crippen molar-refractivity contribution in [3.63, 3.8) is 0 Å². The molecule has 1 saturated carbocycles. The molecule has 1 aliphatic carbocycles. The SMILES string of the molecule is NC1CCCCC1(N)C(C(=O)O)C(O)(CC(=O)O)C(=O)O. The molecule has 0 aliphatic heterocycles. The quantitative estimate of drug-likeness (QED) is 0.342. The topological polar surface area (TPSA) is 184 Å². The maximum absolute atomic E-state index is 11.5. The van der Waals surface area contributed by atoms with E-state index < -0.39 is 47.4 Å². The van der Waals surface area contributed by atoms with Crippen LogP contribution in [0.3, 0.4) is 0 Å². The summed E-state index contributed by atoms with van der Waals surface area (Å²) in [5.41, 5.74) is 7.15. The van der Waals surface area contributed by atoms with Crippen molar-refractivity contribution in [2.75, 3.05) is 0 Å². The predicted molar refractivity (Wildman–Crippen MR) is 69.3 cm³/mol. The lowest BCUT2D eigenvalue weighted by atomic mass is 9.63. The molecule has 8 N–H and O–H groups in total. The standard InChI is InChI=1S/C12H20N2O7/c13-6-3-1-2-4-11(6,14)8(9(17)18)12(21,10(19)20)5-7(15)16/h6,8,21H,1-5,13-14H2,(H,15,16)(H,17,18)(H,19,20). The third-order valence-electron chi connectivity index (χ3n) is 4.12. The second-order valence-corrected chi connectivity index (χ2v) is 5.54. The van der Waals surface area contributed by atoms with Crippen molar-refractivity contribution >= 4 is 17.9 Å². The molecule has 0 heterocycles. The van der Waals surface area contributed by atoms with E-state index in [1.807, 2.05) is 0 Å². The fraction of sp³-hybridized carbons (Fsp3) is 0.750. The first-order valence-corrected chi connectivity index (χ1v) is 6.50. The lowest BCUT2D eigenvalue weighted by molar-refractivity contribution is -0.185. The number of carbonyl (C=O) groups is 3. The number of aliphatic hydroxyl groups is 1. The van der Waals surface area contributed by atoms with Crippen molar-refractivity contribution in [1.82, 2.24) is 0 Å². The van der Waals surface area contributed by atoms with Crippen molar-refractivity contribution in [3.8, 4) is 0 Å². The van der Waals surface area contributed by atoms with Crippen molar-refractivity contribution in [1.29, 1.82) is 0 Å². The lowest BCUT2D eigenvalue weighted by Gasteiger charge is -2.47. The molecule has 1 fully saturated rings. The van der Waals surface area contributed by atoms with Gasteiger partial charge in [-0.1, -0.05) is 12.8 Å². The Morgan fingerprint density at radius 2 is 1.81 bits per heavy atom. The highest BCUT2D eigenvalue weighted by Gasteiger charge is 2.60. The van der Waals surface area contributed by atoms with Crippen molar-refractivity contribution < 1.29 is 34.8 Å². The molecule has 4 atom stereocenters. The zero-order valence-corrected chi connectivity index (χ0v) is 11.4. The Bertz CT molecular complexity index is 455. The van der Waals surface area contributed by atoms with Gasteiger partial charge in [-0.15, -0.1) is 0 Å². The Hall–Kier alpha value is -1.71. The molecule has 0 radical (unpaired) electrons. The van der Waals surface area contributed by atoms with Gasteiger partial charge in [-0.2, -0.15) is 0 Å². The Morgan fingerprint density at radius 1 is 1.24 bits per heavy atom. The fourth-order valence-electron chi connectivity index (χ4n) is 3.02. The van der Waals surface area contributed by atoms with Gasteiger partial charge in [-0.05, 0) is 12.8 Å². The first-order valence-electron chi connectivity index (χ1n) is 6.50. The summed E-state index contributed by atoms with van der Waals surface area (Å²) in [4.78, 5) is 33.7. The Balaban J connectivity index is 3.34. The second kappa shape index (κ2) is 5.96. The van der Waals surface area contributed by atoms with E-state index >= 15 is 0 Å². The minimum atomic E-state index is -3.03. The molecule has 0 bridgehead atoms. The molecule has 0 spiro atoms. The monoisotopic (exact) mass is 304 g/mol. The number of hydrogen-bond donors (Lipinski definition) is 6. The molecule has 0 aromatic carbocycles. The van der Waals surface area contributed by atoms with Crippen LogP contribution in [0.2, 0.25) is 0 Å². The summed E-state index contributed by atoms with van der Waals surface area (Å²) in [7, 11) is 0. The number of hydrogen-bond acceptors (Lipinski definition) is 6. The predicted octanol–water partition coefficient (Wildman–Crippen LogP) is -1.42. The van der Waals surface area contributed by atoms with Crippen molar-refractivity contribution in [3.05, 3.63) is 0 Å². The van der Waals surface area contributed by atoms with Gasteiger partial charge in [0.15, 0.2) is 5.60 Å². The van der Waals surface area contributed by atoms with Gasteiger partial charge in [0.1, 0.15) is 5.92 Å². The highest BCUT2D eigenvalue weighted by Crippen LogP contribution is 2.39. The van der Waals surface area contributed by atoms with Crippen LogP contribution in [-0.2, 0) is 14.4 Å². The fourth-order valence-corrected chi connectivity index (χ4v) is 3.02. The van der Waals surface area contributed by atoms with Crippen LogP contribution in [0.1, 0.15) is 32.1 Å². The van der Waals surface area contributed by atoms with Gasteiger partial charge >= 0.3 is 17.9 Å². The summed E-state index contributed by atoms with van der Waals surface area (Å²) >= 11 is 0. The average Bonchev–Trinajstić information content (AvgIpc) is 2.31. The molecule has 1 rings (SSSR count). The van der Waals surface area contributed by atoms with Gasteiger partial charge in [0.05, 0.1) is 6.42 Å². The van der Waals surface area contributed by atoms with Crippen LogP contribution < -0.4 is 11.5 Å². The highest BCUT2D eigenvalue weighted by molar-refractivity contribution is 5.90. The zero-order valence-electron chi connectivity index (χ0n) is 11.4. The van der Waals surface area contributed by atoms with Crippen molar-refractivity contribution in [2.45, 2.75) is 49.3 Å². The van der Waals surface area contributed by atoms with Gasteiger partial charge in [-0.25, -0.2) is 4.79 Å². The summed E-state index contributed by atoms with van der Waals surface area (Å²) in [6.45, 7) is 0. The number of carboxylic acid groups (broad SMARTS) is 3. The molecule has 1 aliphatic rings. The molecule has 21 heavy (non-hydrogen) atoms. The van der Waals surface area contributed by atoms with Gasteiger partial charge in [0, 0.05) is 11.6 Å². The van der Waals surface area contributed by atoms with Gasteiger partial charge in [-0.3, -0.25) is 9.59 Å². The summed E-state index contributed by atoms with van der Waals surface area (Å²) in [6, 6.07) is -0.841. The van der Waals surface area contributed by atoms with Crippen LogP contribution in [0.4, 0.5) is 0 Å². The number of nitrogens with two attached hydrogens (primary N) is 2. The number of carboxylic acids is 3. The van der Waals surface area contributed by atoms with E-state index in [4.69, 9.17) is 21.7 Å². The van der Waals surface area contributed by atoms with E-state index in [1.165, 1.54) is 0 Å². The molecule has 0 amide bonds. The van der Waals surface area contributed by atoms with E-state index in [0.717, 1.165) is 0 Å². The summed E-state index contributed by atoms with van der Waals surface area (Å²) in [5.74, 6) is -7.28. The van der Waals surface area contributed by atoms with E-state index in [2.05, 4.69) is 0 Å². The third kappa shape index (κ3) is 3.14. The minimum absolute atomic E-state index is 0.0976. The van der Waals surface area contributed by atoms with Crippen LogP contribution in [-0.4, -0.2) is 55.5 Å². The number of rotatable bonds is 6. The van der Waals surface area contributed by atoms with Gasteiger partial charge < -0.3 is 31.9 Å². The first kappa shape index (κ1) is 17.3. The molecular formula is C12H20N2O7. The maximum atomic E-state index is 11.5. The molecule has 4 unspecified atom stereocenters. The second-order valence-electron chi connectivity index (χ2n) is 5.54. The van der Waals surface area contributed by atoms with Gasteiger partial charge in [0.2, 0.25) is 0 Å². The molecule has 0 saturated heterocycles. The molecule has 9 heteroatoms. The molecule has 0 aromatic rings. The normalized spacial score (nSPS) is 30.1. The Morgan fingerprint density at radius 3 is 2.19 bits per heavy atom. The third-order valence-corrected chi connectivity index (χ3v) is 4.12. The number of aliphatic carboxylic acids is 3. The largest absolute Gasteiger partial charge is 0.481 e. The molecular weight excluding hydrogens is 284 g/mol. The average molecular weight is 304 g/mol. The van der Waals surface area contributed by atoms with Gasteiger partial charge in [0.25, 0.3) is 0 Å². The van der Waals surface area contributed by atoms with Crippen LogP contribution in [0.25, 0.3) is 0 Å². The van der Waals surface area contributed by atoms with Crippen LogP contribution in [0, 0.1) is 5.92 Å². The van der Waals surface area contributed by atoms with E-state index in [9.17, 15) is 24.6 Å². The molecule has 120 valence electrons. The first-order chi connectivity index (χ1) is 9.55. The molecule has 9 nitrogen and oxygen atoms in total. The summed E-state index contributed by atoms with van der Waals surface area (Å²) in [6.07, 6.45) is 0.433. The lowest BCUT2D eigenvalue weighted by Crippen LogP contribution is -2.70. The maximum Gasteiger partial charge on any atom is 0.337 e. The smallest absolute Gasteiger partial charge is 0.337 e. The highest BCUT2D eigenvalue weighted by atomic mass is 16.4.